The molecule has 0 amide bonds. The molecule has 28 heavy (non-hydrogen) atoms. The van der Waals surface area contributed by atoms with Gasteiger partial charge in [-0.3, -0.25) is 4.79 Å². The Hall–Kier alpha value is -1.17. The zero-order valence-corrected chi connectivity index (χ0v) is 19.7. The summed E-state index contributed by atoms with van der Waals surface area (Å²) in [5.41, 5.74) is 0.560. The molecule has 1 aromatic rings. The minimum atomic E-state index is -2.89. The van der Waals surface area contributed by atoms with Crippen molar-refractivity contribution >= 4 is 51.8 Å². The van der Waals surface area contributed by atoms with Gasteiger partial charge in [0.05, 0.1) is 19.6 Å². The van der Waals surface area contributed by atoms with Crippen LogP contribution in [0.15, 0.2) is 27.7 Å². The number of methoxy groups -OCH3 is 1. The van der Waals surface area contributed by atoms with Crippen LogP contribution in [0.3, 0.4) is 0 Å². The van der Waals surface area contributed by atoms with Crippen LogP contribution in [0.2, 0.25) is 0 Å². The molecule has 0 spiro atoms. The van der Waals surface area contributed by atoms with Crippen LogP contribution in [0.4, 0.5) is 8.78 Å². The third-order valence-electron chi connectivity index (χ3n) is 4.30. The van der Waals surface area contributed by atoms with Gasteiger partial charge in [0.1, 0.15) is 5.75 Å². The van der Waals surface area contributed by atoms with Crippen molar-refractivity contribution in [1.82, 2.24) is 10.2 Å². The van der Waals surface area contributed by atoms with E-state index < -0.39 is 6.61 Å². The number of likely N-dealkylation sites (tertiary alicyclic amines) is 1. The molecule has 0 bridgehead atoms. The smallest absolute Gasteiger partial charge is 0.387 e. The van der Waals surface area contributed by atoms with Gasteiger partial charge in [0.15, 0.2) is 5.96 Å². The van der Waals surface area contributed by atoms with E-state index >= 15 is 0 Å². The van der Waals surface area contributed by atoms with Crippen LogP contribution in [-0.2, 0) is 16.1 Å². The number of ether oxygens (including phenoxy) is 2. The Bertz CT molecular complexity index is 671. The highest BCUT2D eigenvalue weighted by Crippen LogP contribution is 2.26. The zero-order chi connectivity index (χ0) is 19.8. The minimum Gasteiger partial charge on any atom is -0.469 e. The average Bonchev–Trinajstić information content (AvgIpc) is 2.66. The molecule has 1 heterocycles. The second-order valence-electron chi connectivity index (χ2n) is 6.09. The fourth-order valence-electron chi connectivity index (χ4n) is 2.96. The van der Waals surface area contributed by atoms with Crippen LogP contribution in [0, 0.1) is 5.92 Å². The first-order valence-corrected chi connectivity index (χ1v) is 9.58. The molecule has 0 aromatic heterocycles. The van der Waals surface area contributed by atoms with Crippen molar-refractivity contribution in [2.75, 3.05) is 26.7 Å². The fraction of sp³-hybridized carbons (Fsp3) is 0.556. The van der Waals surface area contributed by atoms with Gasteiger partial charge in [-0.15, -0.1) is 24.0 Å². The summed E-state index contributed by atoms with van der Waals surface area (Å²) < 4.78 is 35.4. The fourth-order valence-corrected chi connectivity index (χ4v) is 3.37. The van der Waals surface area contributed by atoms with Crippen molar-refractivity contribution in [3.05, 3.63) is 28.2 Å². The van der Waals surface area contributed by atoms with Crippen molar-refractivity contribution in [1.29, 1.82) is 0 Å². The van der Waals surface area contributed by atoms with Crippen LogP contribution in [0.25, 0.3) is 0 Å². The lowest BCUT2D eigenvalue weighted by Crippen LogP contribution is -2.46. The summed E-state index contributed by atoms with van der Waals surface area (Å²) in [5.74, 6) is 0.519. The Morgan fingerprint density at radius 2 is 2.07 bits per heavy atom. The van der Waals surface area contributed by atoms with E-state index in [9.17, 15) is 13.6 Å². The monoisotopic (exact) mass is 575 g/mol. The topological polar surface area (TPSA) is 63.2 Å². The first-order valence-electron chi connectivity index (χ1n) is 8.79. The molecule has 0 unspecified atom stereocenters. The van der Waals surface area contributed by atoms with Crippen molar-refractivity contribution in [3.8, 4) is 5.75 Å². The summed E-state index contributed by atoms with van der Waals surface area (Å²) in [7, 11) is 1.40. The third kappa shape index (κ3) is 7.34. The number of nitrogens with zero attached hydrogens (tertiary/aromatic N) is 2. The van der Waals surface area contributed by atoms with Gasteiger partial charge >= 0.3 is 12.6 Å². The number of guanidine groups is 1. The van der Waals surface area contributed by atoms with Gasteiger partial charge in [-0.05, 0) is 38.0 Å². The number of benzene rings is 1. The molecule has 1 N–H and O–H groups in total. The number of halogens is 4. The summed E-state index contributed by atoms with van der Waals surface area (Å²) in [4.78, 5) is 18.3. The van der Waals surface area contributed by atoms with Gasteiger partial charge < -0.3 is 19.7 Å². The number of rotatable bonds is 6. The number of hydrogen-bond donors (Lipinski definition) is 1. The molecule has 1 fully saturated rings. The van der Waals surface area contributed by atoms with E-state index in [-0.39, 0.29) is 48.2 Å². The third-order valence-corrected chi connectivity index (χ3v) is 4.79. The van der Waals surface area contributed by atoms with Gasteiger partial charge in [-0.1, -0.05) is 15.9 Å². The normalized spacial score (nSPS) is 15.2. The summed E-state index contributed by atoms with van der Waals surface area (Å²) in [6.07, 6.45) is 1.38. The highest BCUT2D eigenvalue weighted by molar-refractivity contribution is 14.0. The summed E-state index contributed by atoms with van der Waals surface area (Å²) in [5, 5.41) is 3.21. The van der Waals surface area contributed by atoms with E-state index in [0.29, 0.717) is 44.0 Å². The van der Waals surface area contributed by atoms with Gasteiger partial charge in [0.25, 0.3) is 0 Å². The van der Waals surface area contributed by atoms with Gasteiger partial charge in [-0.25, -0.2) is 4.99 Å². The van der Waals surface area contributed by atoms with Gasteiger partial charge in [0, 0.05) is 29.7 Å². The molecule has 10 heteroatoms. The van der Waals surface area contributed by atoms with E-state index in [0.717, 1.165) is 4.47 Å². The predicted molar refractivity (Wildman–Crippen MR) is 117 cm³/mol. The second kappa shape index (κ2) is 12.4. The molecule has 0 aliphatic carbocycles. The second-order valence-corrected chi connectivity index (χ2v) is 7.00. The highest BCUT2D eigenvalue weighted by Gasteiger charge is 2.27. The number of carbonyl (C=O) groups excluding carboxylic acids is 1. The van der Waals surface area contributed by atoms with Crippen molar-refractivity contribution in [2.24, 2.45) is 10.9 Å². The molecule has 0 saturated carbocycles. The standard InChI is InChI=1S/C18H24BrF2N3O3.HI/c1-3-22-18(24-8-6-12(7-9-24)16(25)26-2)23-11-13-10-14(19)4-5-15(13)27-17(20)21;/h4-5,10,12,17H,3,6-9,11H2,1-2H3,(H,22,23);1H. The Morgan fingerprint density at radius 1 is 1.39 bits per heavy atom. The summed E-state index contributed by atoms with van der Waals surface area (Å²) in [6, 6.07) is 4.86. The molecular weight excluding hydrogens is 551 g/mol. The number of aliphatic imine (C=N–C) groups is 1. The Kier molecular flexibility index (Phi) is 11.0. The van der Waals surface area contributed by atoms with Gasteiger partial charge in [0.2, 0.25) is 0 Å². The van der Waals surface area contributed by atoms with Crippen molar-refractivity contribution < 1.29 is 23.0 Å². The van der Waals surface area contributed by atoms with Crippen molar-refractivity contribution in [2.45, 2.75) is 32.9 Å². The molecule has 1 aliphatic rings. The van der Waals surface area contributed by atoms with Crippen LogP contribution in [0.1, 0.15) is 25.3 Å². The number of esters is 1. The average molecular weight is 576 g/mol. The molecule has 6 nitrogen and oxygen atoms in total. The number of hydrogen-bond acceptors (Lipinski definition) is 4. The molecule has 0 atom stereocenters. The van der Waals surface area contributed by atoms with Crippen LogP contribution >= 0.6 is 39.9 Å². The SMILES string of the molecule is CCNC(=NCc1cc(Br)ccc1OC(F)F)N1CCC(C(=O)OC)CC1.I. The van der Waals surface area contributed by atoms with E-state index in [1.807, 2.05) is 6.92 Å². The maximum atomic E-state index is 12.6. The first-order chi connectivity index (χ1) is 12.9. The van der Waals surface area contributed by atoms with E-state index in [2.05, 4.69) is 35.9 Å². The largest absolute Gasteiger partial charge is 0.469 e. The van der Waals surface area contributed by atoms with E-state index in [1.165, 1.54) is 13.2 Å². The number of nitrogens with one attached hydrogen (secondary N) is 1. The molecule has 1 aliphatic heterocycles. The van der Waals surface area contributed by atoms with Gasteiger partial charge in [-0.2, -0.15) is 8.78 Å². The maximum absolute atomic E-state index is 12.6. The van der Waals surface area contributed by atoms with E-state index in [4.69, 9.17) is 4.74 Å². The van der Waals surface area contributed by atoms with E-state index in [1.54, 1.807) is 12.1 Å². The predicted octanol–water partition coefficient (Wildman–Crippen LogP) is 4.02. The molecule has 0 radical (unpaired) electrons. The summed E-state index contributed by atoms with van der Waals surface area (Å²) in [6.45, 7) is 1.28. The highest BCUT2D eigenvalue weighted by atomic mass is 127. The van der Waals surface area contributed by atoms with Crippen LogP contribution < -0.4 is 10.1 Å². The molecule has 2 rings (SSSR count). The van der Waals surface area contributed by atoms with Crippen LogP contribution in [-0.4, -0.2) is 50.2 Å². The number of carbonyl (C=O) groups is 1. The lowest BCUT2D eigenvalue weighted by Gasteiger charge is -2.33. The summed E-state index contributed by atoms with van der Waals surface area (Å²) >= 11 is 3.34. The quantitative estimate of drug-likeness (QED) is 0.240. The lowest BCUT2D eigenvalue weighted by atomic mass is 9.97. The lowest BCUT2D eigenvalue weighted by molar-refractivity contribution is -0.146. The maximum Gasteiger partial charge on any atom is 0.387 e. The number of piperidine rings is 1. The molecular formula is C18H25BrF2IN3O3. The van der Waals surface area contributed by atoms with Crippen molar-refractivity contribution in [3.63, 3.8) is 0 Å². The number of alkyl halides is 2. The van der Waals surface area contributed by atoms with Crippen LogP contribution in [0.5, 0.6) is 5.75 Å². The Balaban J connectivity index is 0.00000392. The molecule has 1 saturated heterocycles. The first kappa shape index (κ1) is 24.9. The molecule has 1 aromatic carbocycles. The minimum absolute atomic E-state index is 0. The molecule has 158 valence electrons. The zero-order valence-electron chi connectivity index (χ0n) is 15.8. The Labute approximate surface area is 189 Å². The Morgan fingerprint density at radius 3 is 2.64 bits per heavy atom.